The van der Waals surface area contributed by atoms with Gasteiger partial charge in [-0.25, -0.2) is 0 Å². The SMILES string of the molecule is CN(C)C(=O)c1ccc(NC(=O)CC(C)(C)N)cc1. The van der Waals surface area contributed by atoms with E-state index in [4.69, 9.17) is 5.73 Å². The van der Waals surface area contributed by atoms with Gasteiger partial charge in [0.05, 0.1) is 0 Å². The first-order valence-electron chi connectivity index (χ1n) is 6.09. The van der Waals surface area contributed by atoms with Gasteiger partial charge in [-0.1, -0.05) is 0 Å². The van der Waals surface area contributed by atoms with Crippen LogP contribution >= 0.6 is 0 Å². The molecule has 0 aromatic heterocycles. The maximum absolute atomic E-state index is 11.7. The molecule has 0 aliphatic heterocycles. The summed E-state index contributed by atoms with van der Waals surface area (Å²) in [7, 11) is 3.39. The van der Waals surface area contributed by atoms with Crippen molar-refractivity contribution >= 4 is 17.5 Å². The lowest BCUT2D eigenvalue weighted by Crippen LogP contribution is -2.36. The number of nitrogens with two attached hydrogens (primary N) is 1. The Hall–Kier alpha value is -1.88. The molecule has 0 spiro atoms. The van der Waals surface area contributed by atoms with Crippen LogP contribution in [0.25, 0.3) is 0 Å². The number of anilines is 1. The van der Waals surface area contributed by atoms with Crippen molar-refractivity contribution in [2.24, 2.45) is 5.73 Å². The van der Waals surface area contributed by atoms with Crippen molar-refractivity contribution in [1.29, 1.82) is 0 Å². The summed E-state index contributed by atoms with van der Waals surface area (Å²) >= 11 is 0. The Morgan fingerprint density at radius 1 is 1.21 bits per heavy atom. The molecule has 104 valence electrons. The molecule has 0 radical (unpaired) electrons. The molecule has 0 aliphatic carbocycles. The van der Waals surface area contributed by atoms with E-state index in [0.29, 0.717) is 11.3 Å². The fraction of sp³-hybridized carbons (Fsp3) is 0.429. The van der Waals surface area contributed by atoms with E-state index < -0.39 is 5.54 Å². The highest BCUT2D eigenvalue weighted by atomic mass is 16.2. The van der Waals surface area contributed by atoms with Gasteiger partial charge in [-0.15, -0.1) is 0 Å². The van der Waals surface area contributed by atoms with Gasteiger partial charge in [0.15, 0.2) is 0 Å². The maximum Gasteiger partial charge on any atom is 0.253 e. The molecular weight excluding hydrogens is 242 g/mol. The second kappa shape index (κ2) is 5.84. The van der Waals surface area contributed by atoms with Crippen LogP contribution in [0.2, 0.25) is 0 Å². The second-order valence-corrected chi connectivity index (χ2v) is 5.49. The van der Waals surface area contributed by atoms with Crippen molar-refractivity contribution in [1.82, 2.24) is 4.90 Å². The molecule has 0 atom stereocenters. The van der Waals surface area contributed by atoms with Crippen LogP contribution in [0.5, 0.6) is 0 Å². The molecule has 0 aliphatic rings. The Morgan fingerprint density at radius 3 is 2.16 bits per heavy atom. The number of nitrogens with one attached hydrogen (secondary N) is 1. The van der Waals surface area contributed by atoms with Gasteiger partial charge in [0, 0.05) is 37.3 Å². The highest BCUT2D eigenvalue weighted by Crippen LogP contribution is 2.12. The molecule has 1 aromatic carbocycles. The van der Waals surface area contributed by atoms with Crippen molar-refractivity contribution in [3.8, 4) is 0 Å². The Morgan fingerprint density at radius 2 is 1.74 bits per heavy atom. The van der Waals surface area contributed by atoms with E-state index in [0.717, 1.165) is 0 Å². The van der Waals surface area contributed by atoms with Crippen LogP contribution in [0.4, 0.5) is 5.69 Å². The van der Waals surface area contributed by atoms with E-state index in [1.165, 1.54) is 4.90 Å². The van der Waals surface area contributed by atoms with Crippen LogP contribution in [0, 0.1) is 0 Å². The first-order valence-corrected chi connectivity index (χ1v) is 6.09. The van der Waals surface area contributed by atoms with Gasteiger partial charge in [-0.2, -0.15) is 0 Å². The molecule has 0 heterocycles. The molecule has 0 saturated carbocycles. The van der Waals surface area contributed by atoms with Crippen LogP contribution in [-0.4, -0.2) is 36.3 Å². The van der Waals surface area contributed by atoms with E-state index in [1.54, 1.807) is 52.2 Å². The van der Waals surface area contributed by atoms with Crippen molar-refractivity contribution in [2.45, 2.75) is 25.8 Å². The summed E-state index contributed by atoms with van der Waals surface area (Å²) in [4.78, 5) is 24.9. The van der Waals surface area contributed by atoms with Gasteiger partial charge in [0.2, 0.25) is 5.91 Å². The predicted molar refractivity (Wildman–Crippen MR) is 76.0 cm³/mol. The zero-order valence-corrected chi connectivity index (χ0v) is 11.9. The predicted octanol–water partition coefficient (Wildman–Crippen LogP) is 1.45. The van der Waals surface area contributed by atoms with Gasteiger partial charge in [0.1, 0.15) is 0 Å². The number of carbonyl (C=O) groups is 2. The first-order chi connectivity index (χ1) is 8.69. The minimum Gasteiger partial charge on any atom is -0.345 e. The number of amides is 2. The van der Waals surface area contributed by atoms with Crippen LogP contribution in [0.1, 0.15) is 30.6 Å². The average molecular weight is 263 g/mol. The Labute approximate surface area is 113 Å². The van der Waals surface area contributed by atoms with E-state index in [-0.39, 0.29) is 18.2 Å². The molecule has 5 nitrogen and oxygen atoms in total. The van der Waals surface area contributed by atoms with E-state index >= 15 is 0 Å². The van der Waals surface area contributed by atoms with E-state index in [1.807, 2.05) is 0 Å². The summed E-state index contributed by atoms with van der Waals surface area (Å²) in [6.07, 6.45) is 0.241. The molecular formula is C14H21N3O2. The highest BCUT2D eigenvalue weighted by Gasteiger charge is 2.16. The lowest BCUT2D eigenvalue weighted by Gasteiger charge is -2.17. The normalized spacial score (nSPS) is 11.0. The number of rotatable bonds is 4. The summed E-state index contributed by atoms with van der Waals surface area (Å²) in [6.45, 7) is 3.59. The molecule has 3 N–H and O–H groups in total. The van der Waals surface area contributed by atoms with Crippen molar-refractivity contribution in [2.75, 3.05) is 19.4 Å². The Kier molecular flexibility index (Phi) is 4.67. The largest absolute Gasteiger partial charge is 0.345 e. The fourth-order valence-electron chi connectivity index (χ4n) is 1.57. The maximum atomic E-state index is 11.7. The Bertz CT molecular complexity index is 459. The van der Waals surface area contributed by atoms with Crippen molar-refractivity contribution in [3.63, 3.8) is 0 Å². The monoisotopic (exact) mass is 263 g/mol. The smallest absolute Gasteiger partial charge is 0.253 e. The fourth-order valence-corrected chi connectivity index (χ4v) is 1.57. The minimum absolute atomic E-state index is 0.0685. The summed E-state index contributed by atoms with van der Waals surface area (Å²) in [5.74, 6) is -0.208. The molecule has 0 fully saturated rings. The van der Waals surface area contributed by atoms with E-state index in [2.05, 4.69) is 5.32 Å². The first kappa shape index (κ1) is 15.2. The molecule has 0 bridgehead atoms. The summed E-state index contributed by atoms with van der Waals surface area (Å²) < 4.78 is 0. The number of carbonyl (C=O) groups excluding carboxylic acids is 2. The van der Waals surface area contributed by atoms with Crippen molar-refractivity contribution < 1.29 is 9.59 Å². The average Bonchev–Trinajstić information content (AvgIpc) is 2.26. The van der Waals surface area contributed by atoms with Crippen LogP contribution in [0.15, 0.2) is 24.3 Å². The number of hydrogen-bond donors (Lipinski definition) is 2. The minimum atomic E-state index is -0.537. The highest BCUT2D eigenvalue weighted by molar-refractivity contribution is 5.95. The second-order valence-electron chi connectivity index (χ2n) is 5.49. The van der Waals surface area contributed by atoms with Crippen LogP contribution in [0.3, 0.4) is 0 Å². The topological polar surface area (TPSA) is 75.4 Å². The van der Waals surface area contributed by atoms with Gasteiger partial charge < -0.3 is 16.0 Å². The molecule has 5 heteroatoms. The lowest BCUT2D eigenvalue weighted by atomic mass is 10.0. The zero-order chi connectivity index (χ0) is 14.6. The molecule has 19 heavy (non-hydrogen) atoms. The zero-order valence-electron chi connectivity index (χ0n) is 11.9. The van der Waals surface area contributed by atoms with Gasteiger partial charge in [-0.3, -0.25) is 9.59 Å². The summed E-state index contributed by atoms with van der Waals surface area (Å²) in [6, 6.07) is 6.79. The Balaban J connectivity index is 2.67. The lowest BCUT2D eigenvalue weighted by molar-refractivity contribution is -0.117. The van der Waals surface area contributed by atoms with Crippen LogP contribution in [-0.2, 0) is 4.79 Å². The van der Waals surface area contributed by atoms with Gasteiger partial charge in [0.25, 0.3) is 5.91 Å². The third kappa shape index (κ3) is 5.09. The molecule has 1 aromatic rings. The summed E-state index contributed by atoms with van der Waals surface area (Å²) in [5.41, 5.74) is 6.48. The number of hydrogen-bond acceptors (Lipinski definition) is 3. The van der Waals surface area contributed by atoms with Gasteiger partial charge >= 0.3 is 0 Å². The standard InChI is InChI=1S/C14H21N3O2/c1-14(2,15)9-12(18)16-11-7-5-10(6-8-11)13(19)17(3)4/h5-8H,9,15H2,1-4H3,(H,16,18). The third-order valence-corrected chi connectivity index (χ3v) is 2.44. The quantitative estimate of drug-likeness (QED) is 0.863. The van der Waals surface area contributed by atoms with Crippen molar-refractivity contribution in [3.05, 3.63) is 29.8 Å². The molecule has 0 saturated heterocycles. The molecule has 1 rings (SSSR count). The molecule has 0 unspecified atom stereocenters. The summed E-state index contributed by atoms with van der Waals surface area (Å²) in [5, 5.41) is 2.75. The molecule has 2 amide bonds. The van der Waals surface area contributed by atoms with Crippen LogP contribution < -0.4 is 11.1 Å². The number of benzene rings is 1. The van der Waals surface area contributed by atoms with E-state index in [9.17, 15) is 9.59 Å². The number of nitrogens with zero attached hydrogens (tertiary/aromatic N) is 1. The third-order valence-electron chi connectivity index (χ3n) is 2.44. The van der Waals surface area contributed by atoms with Gasteiger partial charge in [-0.05, 0) is 38.1 Å².